The van der Waals surface area contributed by atoms with Crippen molar-refractivity contribution in [3.63, 3.8) is 0 Å². The zero-order valence-electron chi connectivity index (χ0n) is 16.2. The van der Waals surface area contributed by atoms with Gasteiger partial charge in [-0.15, -0.1) is 0 Å². The van der Waals surface area contributed by atoms with Crippen molar-refractivity contribution in [3.05, 3.63) is 59.7 Å². The van der Waals surface area contributed by atoms with Crippen LogP contribution in [0.1, 0.15) is 23.2 Å². The number of rotatable bonds is 6. The number of hydrogen-bond acceptors (Lipinski definition) is 6. The molecule has 0 saturated carbocycles. The third-order valence-electron chi connectivity index (χ3n) is 5.19. The number of nitriles is 2. The standard InChI is InChI=1S/C22H24N4O2/c1-27-19-7-3-17(4-8-19)21(15-23)25-11-13-26(14-12-25)22(16-24)18-5-9-20(28-2)10-6-18/h3-10,21-22H,11-14H2,1-2H3/t21-,22-/m1/s1. The van der Waals surface area contributed by atoms with Crippen LogP contribution in [0.2, 0.25) is 0 Å². The van der Waals surface area contributed by atoms with Gasteiger partial charge in [0.25, 0.3) is 0 Å². The van der Waals surface area contributed by atoms with E-state index in [1.165, 1.54) is 0 Å². The van der Waals surface area contributed by atoms with Gasteiger partial charge in [0.1, 0.15) is 23.6 Å². The second-order valence-electron chi connectivity index (χ2n) is 6.68. The van der Waals surface area contributed by atoms with Gasteiger partial charge in [0, 0.05) is 26.2 Å². The van der Waals surface area contributed by atoms with Gasteiger partial charge >= 0.3 is 0 Å². The lowest BCUT2D eigenvalue weighted by molar-refractivity contribution is 0.0979. The van der Waals surface area contributed by atoms with Gasteiger partial charge < -0.3 is 9.47 Å². The average molecular weight is 376 g/mol. The van der Waals surface area contributed by atoms with Crippen LogP contribution in [-0.2, 0) is 0 Å². The minimum Gasteiger partial charge on any atom is -0.497 e. The van der Waals surface area contributed by atoms with E-state index in [4.69, 9.17) is 9.47 Å². The SMILES string of the molecule is COc1ccc([C@@H](C#N)N2CCN([C@H](C#N)c3ccc(OC)cc3)CC2)cc1. The van der Waals surface area contributed by atoms with Crippen molar-refractivity contribution >= 4 is 0 Å². The first-order valence-electron chi connectivity index (χ1n) is 9.25. The van der Waals surface area contributed by atoms with E-state index < -0.39 is 0 Å². The molecule has 1 saturated heterocycles. The molecule has 0 unspecified atom stereocenters. The molecule has 0 spiro atoms. The summed E-state index contributed by atoms with van der Waals surface area (Å²) in [6, 6.07) is 19.5. The Morgan fingerprint density at radius 3 is 1.25 bits per heavy atom. The molecule has 2 aromatic rings. The molecule has 28 heavy (non-hydrogen) atoms. The molecule has 0 aliphatic carbocycles. The van der Waals surface area contributed by atoms with Gasteiger partial charge in [-0.05, 0) is 35.4 Å². The second-order valence-corrected chi connectivity index (χ2v) is 6.68. The summed E-state index contributed by atoms with van der Waals surface area (Å²) in [7, 11) is 3.26. The Bertz CT molecular complexity index is 771. The van der Waals surface area contributed by atoms with E-state index >= 15 is 0 Å². The highest BCUT2D eigenvalue weighted by atomic mass is 16.5. The largest absolute Gasteiger partial charge is 0.497 e. The third-order valence-corrected chi connectivity index (χ3v) is 5.19. The fraction of sp³-hybridized carbons (Fsp3) is 0.364. The molecule has 6 heteroatoms. The van der Waals surface area contributed by atoms with Crippen LogP contribution in [-0.4, -0.2) is 50.2 Å². The number of benzene rings is 2. The van der Waals surface area contributed by atoms with Crippen LogP contribution in [0.15, 0.2) is 48.5 Å². The van der Waals surface area contributed by atoms with Crippen LogP contribution in [0.4, 0.5) is 0 Å². The van der Waals surface area contributed by atoms with Crippen molar-refractivity contribution in [1.29, 1.82) is 10.5 Å². The smallest absolute Gasteiger partial charge is 0.123 e. The van der Waals surface area contributed by atoms with Gasteiger partial charge in [0.15, 0.2) is 0 Å². The molecule has 0 N–H and O–H groups in total. The maximum absolute atomic E-state index is 9.71. The molecule has 144 valence electrons. The van der Waals surface area contributed by atoms with E-state index in [0.29, 0.717) is 0 Å². The molecule has 2 aromatic carbocycles. The Kier molecular flexibility index (Phi) is 6.49. The zero-order chi connectivity index (χ0) is 19.9. The number of methoxy groups -OCH3 is 2. The fourth-order valence-electron chi connectivity index (χ4n) is 3.56. The lowest BCUT2D eigenvalue weighted by atomic mass is 10.0. The molecular weight excluding hydrogens is 352 g/mol. The molecule has 1 fully saturated rings. The van der Waals surface area contributed by atoms with Gasteiger partial charge in [-0.3, -0.25) is 9.80 Å². The number of nitrogens with zero attached hydrogens (tertiary/aromatic N) is 4. The third kappa shape index (κ3) is 4.26. The molecule has 1 heterocycles. The zero-order valence-corrected chi connectivity index (χ0v) is 16.2. The molecule has 0 amide bonds. The monoisotopic (exact) mass is 376 g/mol. The van der Waals surface area contributed by atoms with Crippen molar-refractivity contribution in [2.75, 3.05) is 40.4 Å². The van der Waals surface area contributed by atoms with E-state index in [2.05, 4.69) is 21.9 Å². The summed E-state index contributed by atoms with van der Waals surface area (Å²) < 4.78 is 10.4. The number of hydrogen-bond donors (Lipinski definition) is 0. The van der Waals surface area contributed by atoms with Crippen LogP contribution in [0.3, 0.4) is 0 Å². The summed E-state index contributed by atoms with van der Waals surface area (Å²) in [6.07, 6.45) is 0. The van der Waals surface area contributed by atoms with Crippen LogP contribution >= 0.6 is 0 Å². The lowest BCUT2D eigenvalue weighted by Crippen LogP contribution is -2.48. The van der Waals surface area contributed by atoms with Crippen molar-refractivity contribution in [2.24, 2.45) is 0 Å². The molecule has 0 aromatic heterocycles. The molecule has 2 atom stereocenters. The summed E-state index contributed by atoms with van der Waals surface area (Å²) in [5.41, 5.74) is 1.92. The van der Waals surface area contributed by atoms with Crippen LogP contribution in [0.5, 0.6) is 11.5 Å². The van der Waals surface area contributed by atoms with Crippen molar-refractivity contribution in [3.8, 4) is 23.6 Å². The Hall–Kier alpha value is -3.06. The predicted octanol–water partition coefficient (Wildman–Crippen LogP) is 3.15. The summed E-state index contributed by atoms with van der Waals surface area (Å²) in [5.74, 6) is 1.56. The highest BCUT2D eigenvalue weighted by Gasteiger charge is 2.29. The molecule has 3 rings (SSSR count). The Balaban J connectivity index is 1.66. The highest BCUT2D eigenvalue weighted by Crippen LogP contribution is 2.27. The molecule has 0 bridgehead atoms. The minimum atomic E-state index is -0.297. The highest BCUT2D eigenvalue weighted by molar-refractivity contribution is 5.33. The van der Waals surface area contributed by atoms with E-state index in [0.717, 1.165) is 48.8 Å². The van der Waals surface area contributed by atoms with Crippen molar-refractivity contribution < 1.29 is 9.47 Å². The fourth-order valence-corrected chi connectivity index (χ4v) is 3.56. The van der Waals surface area contributed by atoms with Crippen LogP contribution in [0.25, 0.3) is 0 Å². The summed E-state index contributed by atoms with van der Waals surface area (Å²) in [5, 5.41) is 19.4. The average Bonchev–Trinajstić information content (AvgIpc) is 2.77. The molecule has 0 radical (unpaired) electrons. The van der Waals surface area contributed by atoms with Gasteiger partial charge in [-0.25, -0.2) is 0 Å². The van der Waals surface area contributed by atoms with Gasteiger partial charge in [-0.2, -0.15) is 10.5 Å². The topological polar surface area (TPSA) is 72.5 Å². The van der Waals surface area contributed by atoms with Crippen LogP contribution in [0, 0.1) is 22.7 Å². The first-order chi connectivity index (χ1) is 13.7. The maximum Gasteiger partial charge on any atom is 0.123 e. The lowest BCUT2D eigenvalue weighted by Gasteiger charge is -2.38. The molecule has 1 aliphatic heterocycles. The molecule has 1 aliphatic rings. The van der Waals surface area contributed by atoms with Crippen molar-refractivity contribution in [2.45, 2.75) is 12.1 Å². The number of piperazine rings is 1. The Morgan fingerprint density at radius 2 is 1.00 bits per heavy atom. The minimum absolute atomic E-state index is 0.297. The predicted molar refractivity (Wildman–Crippen MR) is 106 cm³/mol. The molecular formula is C22H24N4O2. The van der Waals surface area contributed by atoms with E-state index in [1.54, 1.807) is 14.2 Å². The second kappa shape index (κ2) is 9.23. The first kappa shape index (κ1) is 19.7. The Labute approximate surface area is 166 Å². The Morgan fingerprint density at radius 1 is 0.679 bits per heavy atom. The van der Waals surface area contributed by atoms with Crippen LogP contribution < -0.4 is 9.47 Å². The summed E-state index contributed by atoms with van der Waals surface area (Å²) in [4.78, 5) is 4.33. The summed E-state index contributed by atoms with van der Waals surface area (Å²) in [6.45, 7) is 2.94. The van der Waals surface area contributed by atoms with Crippen molar-refractivity contribution in [1.82, 2.24) is 9.80 Å². The normalized spacial score (nSPS) is 17.1. The van der Waals surface area contributed by atoms with Gasteiger partial charge in [0.2, 0.25) is 0 Å². The van der Waals surface area contributed by atoms with Gasteiger partial charge in [-0.1, -0.05) is 24.3 Å². The first-order valence-corrected chi connectivity index (χ1v) is 9.25. The van der Waals surface area contributed by atoms with E-state index in [1.807, 2.05) is 48.5 Å². The number of ether oxygens (including phenoxy) is 2. The van der Waals surface area contributed by atoms with Gasteiger partial charge in [0.05, 0.1) is 26.4 Å². The van der Waals surface area contributed by atoms with E-state index in [9.17, 15) is 10.5 Å². The maximum atomic E-state index is 9.71. The summed E-state index contributed by atoms with van der Waals surface area (Å²) >= 11 is 0. The van der Waals surface area contributed by atoms with E-state index in [-0.39, 0.29) is 12.1 Å². The quantitative estimate of drug-likeness (QED) is 0.771. The molecule has 6 nitrogen and oxygen atoms in total.